The van der Waals surface area contributed by atoms with E-state index in [1.54, 1.807) is 7.11 Å². The second-order valence-corrected chi connectivity index (χ2v) is 4.39. The third-order valence-electron chi connectivity index (χ3n) is 2.77. The van der Waals surface area contributed by atoms with Crippen LogP contribution in [0.4, 0.5) is 0 Å². The molecule has 0 bridgehead atoms. The number of benzene rings is 1. The van der Waals surface area contributed by atoms with Crippen molar-refractivity contribution in [2.24, 2.45) is 0 Å². The Morgan fingerprint density at radius 2 is 2.19 bits per heavy atom. The molecule has 0 fully saturated rings. The van der Waals surface area contributed by atoms with Gasteiger partial charge in [-0.25, -0.2) is 0 Å². The Hall–Kier alpha value is -0.570. The number of halogens is 1. The Bertz CT molecular complexity index is 328. The highest BCUT2D eigenvalue weighted by Crippen LogP contribution is 2.23. The van der Waals surface area contributed by atoms with Crippen LogP contribution >= 0.6 is 11.6 Å². The number of hydrogen-bond acceptors (Lipinski definition) is 2. The van der Waals surface area contributed by atoms with Crippen LogP contribution in [0.1, 0.15) is 30.0 Å². The monoisotopic (exact) mass is 241 g/mol. The van der Waals surface area contributed by atoms with Crippen LogP contribution in [0, 0.1) is 6.92 Å². The number of methoxy groups -OCH3 is 1. The molecule has 1 N–H and O–H groups in total. The quantitative estimate of drug-likeness (QED) is 0.772. The van der Waals surface area contributed by atoms with E-state index in [1.165, 1.54) is 5.56 Å². The SMILES string of the molecule is CNC(CCCOC)c1ccc(Cl)c(C)c1. The number of ether oxygens (including phenoxy) is 1. The molecule has 0 aliphatic carbocycles. The molecule has 1 atom stereocenters. The maximum absolute atomic E-state index is 6.01. The predicted octanol–water partition coefficient (Wildman–Crippen LogP) is 3.34. The van der Waals surface area contributed by atoms with Crippen LogP contribution in [0.2, 0.25) is 5.02 Å². The van der Waals surface area contributed by atoms with Crippen LogP contribution in [0.3, 0.4) is 0 Å². The Balaban J connectivity index is 2.67. The molecule has 3 heteroatoms. The van der Waals surface area contributed by atoms with Gasteiger partial charge in [0.2, 0.25) is 0 Å². The molecule has 0 saturated heterocycles. The van der Waals surface area contributed by atoms with Crippen LogP contribution in [0.25, 0.3) is 0 Å². The summed E-state index contributed by atoms with van der Waals surface area (Å²) < 4.78 is 5.07. The first-order chi connectivity index (χ1) is 7.69. The van der Waals surface area contributed by atoms with Crippen molar-refractivity contribution in [2.45, 2.75) is 25.8 Å². The van der Waals surface area contributed by atoms with Crippen molar-refractivity contribution >= 4 is 11.6 Å². The molecule has 0 aliphatic heterocycles. The molecule has 1 aromatic rings. The fourth-order valence-electron chi connectivity index (χ4n) is 1.79. The van der Waals surface area contributed by atoms with E-state index in [4.69, 9.17) is 16.3 Å². The van der Waals surface area contributed by atoms with Gasteiger partial charge >= 0.3 is 0 Å². The Morgan fingerprint density at radius 1 is 1.44 bits per heavy atom. The third kappa shape index (κ3) is 3.78. The van der Waals surface area contributed by atoms with Gasteiger partial charge in [0, 0.05) is 24.8 Å². The lowest BCUT2D eigenvalue weighted by Crippen LogP contribution is -2.17. The standard InChI is InChI=1S/C13H20ClNO/c1-10-9-11(6-7-12(10)14)13(15-2)5-4-8-16-3/h6-7,9,13,15H,4-5,8H2,1-3H3. The molecule has 0 heterocycles. The normalized spacial score (nSPS) is 12.8. The van der Waals surface area contributed by atoms with E-state index in [0.29, 0.717) is 6.04 Å². The number of rotatable bonds is 6. The van der Waals surface area contributed by atoms with Gasteiger partial charge in [0.05, 0.1) is 0 Å². The molecular formula is C13H20ClNO. The van der Waals surface area contributed by atoms with E-state index in [0.717, 1.165) is 30.0 Å². The summed E-state index contributed by atoms with van der Waals surface area (Å²) in [7, 11) is 3.72. The topological polar surface area (TPSA) is 21.3 Å². The molecule has 1 aromatic carbocycles. The second kappa shape index (κ2) is 6.89. The average molecular weight is 242 g/mol. The molecule has 0 saturated carbocycles. The predicted molar refractivity (Wildman–Crippen MR) is 69.1 cm³/mol. The third-order valence-corrected chi connectivity index (χ3v) is 3.20. The molecule has 0 radical (unpaired) electrons. The summed E-state index contributed by atoms with van der Waals surface area (Å²) in [5.74, 6) is 0. The maximum atomic E-state index is 6.01. The van der Waals surface area contributed by atoms with Crippen molar-refractivity contribution in [3.05, 3.63) is 34.3 Å². The highest BCUT2D eigenvalue weighted by molar-refractivity contribution is 6.31. The highest BCUT2D eigenvalue weighted by atomic mass is 35.5. The second-order valence-electron chi connectivity index (χ2n) is 3.98. The fourth-order valence-corrected chi connectivity index (χ4v) is 1.91. The molecule has 0 spiro atoms. The van der Waals surface area contributed by atoms with Crippen molar-refractivity contribution in [1.82, 2.24) is 5.32 Å². The zero-order valence-electron chi connectivity index (χ0n) is 10.2. The van der Waals surface area contributed by atoms with E-state index in [2.05, 4.69) is 17.4 Å². The molecule has 1 unspecified atom stereocenters. The number of nitrogens with one attached hydrogen (secondary N) is 1. The van der Waals surface area contributed by atoms with E-state index < -0.39 is 0 Å². The number of aryl methyl sites for hydroxylation is 1. The zero-order valence-corrected chi connectivity index (χ0v) is 11.0. The lowest BCUT2D eigenvalue weighted by Gasteiger charge is -2.17. The van der Waals surface area contributed by atoms with Crippen LogP contribution in [-0.4, -0.2) is 20.8 Å². The van der Waals surface area contributed by atoms with Gasteiger partial charge < -0.3 is 10.1 Å². The summed E-state index contributed by atoms with van der Waals surface area (Å²) in [6, 6.07) is 6.58. The zero-order chi connectivity index (χ0) is 12.0. The smallest absolute Gasteiger partial charge is 0.0462 e. The lowest BCUT2D eigenvalue weighted by atomic mass is 10.0. The van der Waals surface area contributed by atoms with E-state index >= 15 is 0 Å². The molecule has 1 rings (SSSR count). The highest BCUT2D eigenvalue weighted by Gasteiger charge is 2.09. The van der Waals surface area contributed by atoms with Crippen LogP contribution in [0.5, 0.6) is 0 Å². The molecule has 0 aliphatic rings. The van der Waals surface area contributed by atoms with Gasteiger partial charge in [-0.3, -0.25) is 0 Å². The Morgan fingerprint density at radius 3 is 2.75 bits per heavy atom. The summed E-state index contributed by atoms with van der Waals surface area (Å²) >= 11 is 6.01. The van der Waals surface area contributed by atoms with Crippen molar-refractivity contribution < 1.29 is 4.74 Å². The maximum Gasteiger partial charge on any atom is 0.0462 e. The van der Waals surface area contributed by atoms with Crippen molar-refractivity contribution in [3.63, 3.8) is 0 Å². The van der Waals surface area contributed by atoms with Gasteiger partial charge in [0.1, 0.15) is 0 Å². The molecule has 16 heavy (non-hydrogen) atoms. The largest absolute Gasteiger partial charge is 0.385 e. The van der Waals surface area contributed by atoms with Gasteiger partial charge in [0.25, 0.3) is 0 Å². The van der Waals surface area contributed by atoms with Crippen LogP contribution in [-0.2, 0) is 4.74 Å². The summed E-state index contributed by atoms with van der Waals surface area (Å²) in [6.45, 7) is 2.85. The van der Waals surface area contributed by atoms with Gasteiger partial charge in [0.15, 0.2) is 0 Å². The van der Waals surface area contributed by atoms with E-state index in [9.17, 15) is 0 Å². The first-order valence-electron chi connectivity index (χ1n) is 5.61. The summed E-state index contributed by atoms with van der Waals surface area (Å²) in [4.78, 5) is 0. The average Bonchev–Trinajstić information content (AvgIpc) is 2.29. The first kappa shape index (κ1) is 13.5. The molecular weight excluding hydrogens is 222 g/mol. The molecule has 2 nitrogen and oxygen atoms in total. The molecule has 90 valence electrons. The lowest BCUT2D eigenvalue weighted by molar-refractivity contribution is 0.189. The summed E-state index contributed by atoms with van der Waals surface area (Å²) in [6.07, 6.45) is 2.13. The van der Waals surface area contributed by atoms with E-state index in [-0.39, 0.29) is 0 Å². The summed E-state index contributed by atoms with van der Waals surface area (Å²) in [5.41, 5.74) is 2.42. The minimum atomic E-state index is 0.381. The Labute approximate surface area is 103 Å². The van der Waals surface area contributed by atoms with Crippen molar-refractivity contribution in [3.8, 4) is 0 Å². The van der Waals surface area contributed by atoms with Gasteiger partial charge in [-0.1, -0.05) is 23.7 Å². The Kier molecular flexibility index (Phi) is 5.81. The fraction of sp³-hybridized carbons (Fsp3) is 0.538. The van der Waals surface area contributed by atoms with Crippen molar-refractivity contribution in [2.75, 3.05) is 20.8 Å². The van der Waals surface area contributed by atoms with Crippen LogP contribution in [0.15, 0.2) is 18.2 Å². The minimum Gasteiger partial charge on any atom is -0.385 e. The molecule has 0 amide bonds. The van der Waals surface area contributed by atoms with Gasteiger partial charge in [-0.15, -0.1) is 0 Å². The van der Waals surface area contributed by atoms with Crippen LogP contribution < -0.4 is 5.32 Å². The number of hydrogen-bond donors (Lipinski definition) is 1. The minimum absolute atomic E-state index is 0.381. The van der Waals surface area contributed by atoms with Gasteiger partial charge in [-0.05, 0) is 44.0 Å². The van der Waals surface area contributed by atoms with Gasteiger partial charge in [-0.2, -0.15) is 0 Å². The summed E-state index contributed by atoms with van der Waals surface area (Å²) in [5, 5.41) is 4.15. The van der Waals surface area contributed by atoms with Crippen molar-refractivity contribution in [1.29, 1.82) is 0 Å². The van der Waals surface area contributed by atoms with E-state index in [1.807, 2.05) is 20.0 Å². The first-order valence-corrected chi connectivity index (χ1v) is 5.99. The molecule has 0 aromatic heterocycles.